The minimum absolute atomic E-state index is 0.476. The highest BCUT2D eigenvalue weighted by molar-refractivity contribution is 9.10. The third-order valence-corrected chi connectivity index (χ3v) is 3.73. The SMILES string of the molecule is COc1cc(CCON)c(Br)cc1OCC1CC1. The van der Waals surface area contributed by atoms with E-state index in [1.807, 2.05) is 12.1 Å². The molecule has 0 aromatic heterocycles. The Labute approximate surface area is 115 Å². The van der Waals surface area contributed by atoms with E-state index in [9.17, 15) is 0 Å². The third-order valence-electron chi connectivity index (χ3n) is 2.99. The Hall–Kier alpha value is -0.780. The van der Waals surface area contributed by atoms with Crippen LogP contribution in [0.5, 0.6) is 11.5 Å². The molecule has 18 heavy (non-hydrogen) atoms. The molecule has 0 atom stereocenters. The summed E-state index contributed by atoms with van der Waals surface area (Å²) in [4.78, 5) is 4.60. The highest BCUT2D eigenvalue weighted by atomic mass is 79.9. The van der Waals surface area contributed by atoms with E-state index in [2.05, 4.69) is 20.8 Å². The predicted molar refractivity (Wildman–Crippen MR) is 72.8 cm³/mol. The summed E-state index contributed by atoms with van der Waals surface area (Å²) in [6.45, 7) is 1.25. The highest BCUT2D eigenvalue weighted by Gasteiger charge is 2.22. The molecule has 0 bridgehead atoms. The van der Waals surface area contributed by atoms with Gasteiger partial charge in [-0.15, -0.1) is 0 Å². The van der Waals surface area contributed by atoms with Crippen LogP contribution in [-0.2, 0) is 11.3 Å². The molecular weight excluding hydrogens is 298 g/mol. The molecule has 0 unspecified atom stereocenters. The van der Waals surface area contributed by atoms with E-state index in [-0.39, 0.29) is 0 Å². The predicted octanol–water partition coefficient (Wildman–Crippen LogP) is 2.68. The second-order valence-corrected chi connectivity index (χ2v) is 5.32. The standard InChI is InChI=1S/C13H18BrNO3/c1-16-12-6-10(4-5-18-15)11(14)7-13(12)17-8-9-2-3-9/h6-7,9H,2-5,8,15H2,1H3. The Kier molecular flexibility index (Phi) is 4.86. The molecule has 100 valence electrons. The maximum Gasteiger partial charge on any atom is 0.162 e. The molecule has 2 N–H and O–H groups in total. The van der Waals surface area contributed by atoms with Crippen LogP contribution in [0.3, 0.4) is 0 Å². The van der Waals surface area contributed by atoms with Crippen LogP contribution in [-0.4, -0.2) is 20.3 Å². The molecule has 0 heterocycles. The lowest BCUT2D eigenvalue weighted by Gasteiger charge is -2.13. The van der Waals surface area contributed by atoms with E-state index in [1.165, 1.54) is 12.8 Å². The second kappa shape index (κ2) is 6.41. The van der Waals surface area contributed by atoms with Crippen LogP contribution in [0.25, 0.3) is 0 Å². The molecule has 4 nitrogen and oxygen atoms in total. The summed E-state index contributed by atoms with van der Waals surface area (Å²) < 4.78 is 12.1. The van der Waals surface area contributed by atoms with Gasteiger partial charge in [0.1, 0.15) is 0 Å². The quantitative estimate of drug-likeness (QED) is 0.786. The third kappa shape index (κ3) is 3.60. The maximum absolute atomic E-state index is 5.78. The molecule has 0 spiro atoms. The van der Waals surface area contributed by atoms with Crippen LogP contribution in [0.2, 0.25) is 0 Å². The normalized spacial score (nSPS) is 14.6. The lowest BCUT2D eigenvalue weighted by atomic mass is 10.1. The van der Waals surface area contributed by atoms with E-state index < -0.39 is 0 Å². The summed E-state index contributed by atoms with van der Waals surface area (Å²) in [5.41, 5.74) is 1.09. The Balaban J connectivity index is 2.10. The van der Waals surface area contributed by atoms with Crippen molar-refractivity contribution in [1.29, 1.82) is 0 Å². The molecule has 1 fully saturated rings. The van der Waals surface area contributed by atoms with E-state index >= 15 is 0 Å². The molecule has 1 aromatic rings. The molecule has 1 aliphatic rings. The topological polar surface area (TPSA) is 53.7 Å². The van der Waals surface area contributed by atoms with Gasteiger partial charge in [-0.2, -0.15) is 0 Å². The zero-order chi connectivity index (χ0) is 13.0. The Morgan fingerprint density at radius 1 is 1.33 bits per heavy atom. The Morgan fingerprint density at radius 3 is 2.72 bits per heavy atom. The summed E-state index contributed by atoms with van der Waals surface area (Å²) in [6.07, 6.45) is 3.28. The van der Waals surface area contributed by atoms with Crippen LogP contribution in [0, 0.1) is 5.92 Å². The van der Waals surface area contributed by atoms with Crippen molar-refractivity contribution < 1.29 is 14.3 Å². The van der Waals surface area contributed by atoms with Gasteiger partial charge in [-0.1, -0.05) is 15.9 Å². The van der Waals surface area contributed by atoms with E-state index in [0.717, 1.165) is 40.5 Å². The molecule has 2 rings (SSSR count). The molecule has 0 radical (unpaired) electrons. The number of rotatable bonds is 7. The molecule has 1 aliphatic carbocycles. The zero-order valence-electron chi connectivity index (χ0n) is 10.4. The summed E-state index contributed by atoms with van der Waals surface area (Å²) in [6, 6.07) is 3.92. The average molecular weight is 316 g/mol. The van der Waals surface area contributed by atoms with Crippen LogP contribution < -0.4 is 15.4 Å². The van der Waals surface area contributed by atoms with Gasteiger partial charge in [0.2, 0.25) is 0 Å². The van der Waals surface area contributed by atoms with E-state index in [1.54, 1.807) is 7.11 Å². The van der Waals surface area contributed by atoms with Crippen molar-refractivity contribution in [3.8, 4) is 11.5 Å². The Morgan fingerprint density at radius 2 is 2.11 bits per heavy atom. The average Bonchev–Trinajstić information content (AvgIpc) is 3.19. The lowest BCUT2D eigenvalue weighted by molar-refractivity contribution is 0.141. The van der Waals surface area contributed by atoms with Crippen LogP contribution in [0.15, 0.2) is 16.6 Å². The summed E-state index contributed by atoms with van der Waals surface area (Å²) in [7, 11) is 1.65. The van der Waals surface area contributed by atoms with Gasteiger partial charge >= 0.3 is 0 Å². The van der Waals surface area contributed by atoms with Crippen molar-refractivity contribution in [1.82, 2.24) is 0 Å². The molecular formula is C13H18BrNO3. The maximum atomic E-state index is 5.78. The van der Waals surface area contributed by atoms with Crippen LogP contribution in [0.4, 0.5) is 0 Å². The molecule has 1 saturated carbocycles. The van der Waals surface area contributed by atoms with Gasteiger partial charge in [-0.05, 0) is 42.9 Å². The summed E-state index contributed by atoms with van der Waals surface area (Å²) in [5, 5.41) is 0. The first-order valence-corrected chi connectivity index (χ1v) is 6.84. The highest BCUT2D eigenvalue weighted by Crippen LogP contribution is 2.36. The van der Waals surface area contributed by atoms with Crippen molar-refractivity contribution in [3.05, 3.63) is 22.2 Å². The lowest BCUT2D eigenvalue weighted by Crippen LogP contribution is -2.05. The fraction of sp³-hybridized carbons (Fsp3) is 0.538. The minimum Gasteiger partial charge on any atom is -0.493 e. The Bertz CT molecular complexity index is 407. The number of benzene rings is 1. The number of ether oxygens (including phenoxy) is 2. The molecule has 5 heteroatoms. The first-order chi connectivity index (χ1) is 8.74. The first-order valence-electron chi connectivity index (χ1n) is 6.05. The smallest absolute Gasteiger partial charge is 0.162 e. The number of hydrogen-bond donors (Lipinski definition) is 1. The summed E-state index contributed by atoms with van der Waals surface area (Å²) >= 11 is 3.53. The molecule has 0 amide bonds. The van der Waals surface area contributed by atoms with Crippen LogP contribution >= 0.6 is 15.9 Å². The van der Waals surface area contributed by atoms with Crippen molar-refractivity contribution in [2.75, 3.05) is 20.3 Å². The first kappa shape index (κ1) is 13.6. The second-order valence-electron chi connectivity index (χ2n) is 4.47. The van der Waals surface area contributed by atoms with Crippen molar-refractivity contribution in [2.24, 2.45) is 11.8 Å². The van der Waals surface area contributed by atoms with E-state index in [4.69, 9.17) is 15.4 Å². The van der Waals surface area contributed by atoms with E-state index in [0.29, 0.717) is 6.61 Å². The minimum atomic E-state index is 0.476. The number of hydrogen-bond acceptors (Lipinski definition) is 4. The number of nitrogens with two attached hydrogens (primary N) is 1. The largest absolute Gasteiger partial charge is 0.493 e. The van der Waals surface area contributed by atoms with Gasteiger partial charge in [0.15, 0.2) is 11.5 Å². The van der Waals surface area contributed by atoms with Gasteiger partial charge in [0.25, 0.3) is 0 Å². The van der Waals surface area contributed by atoms with Gasteiger partial charge < -0.3 is 14.3 Å². The van der Waals surface area contributed by atoms with Gasteiger partial charge in [-0.3, -0.25) is 0 Å². The van der Waals surface area contributed by atoms with Crippen molar-refractivity contribution in [3.63, 3.8) is 0 Å². The zero-order valence-corrected chi connectivity index (χ0v) is 12.0. The van der Waals surface area contributed by atoms with Gasteiger partial charge in [-0.25, -0.2) is 5.90 Å². The van der Waals surface area contributed by atoms with Gasteiger partial charge in [0, 0.05) is 4.47 Å². The summed E-state index contributed by atoms with van der Waals surface area (Å²) in [5.74, 6) is 7.31. The number of methoxy groups -OCH3 is 1. The fourth-order valence-electron chi connectivity index (χ4n) is 1.70. The van der Waals surface area contributed by atoms with Crippen molar-refractivity contribution >= 4 is 15.9 Å². The molecule has 0 saturated heterocycles. The number of halogens is 1. The monoisotopic (exact) mass is 315 g/mol. The molecule has 0 aliphatic heterocycles. The van der Waals surface area contributed by atoms with Gasteiger partial charge in [0.05, 0.1) is 20.3 Å². The fourth-order valence-corrected chi connectivity index (χ4v) is 2.22. The van der Waals surface area contributed by atoms with Crippen LogP contribution in [0.1, 0.15) is 18.4 Å². The van der Waals surface area contributed by atoms with Crippen molar-refractivity contribution in [2.45, 2.75) is 19.3 Å². The molecule has 1 aromatic carbocycles.